The molecule has 23 heavy (non-hydrogen) atoms. The Kier molecular flexibility index (Phi) is 3.55. The summed E-state index contributed by atoms with van der Waals surface area (Å²) in [4.78, 5) is 6.94. The third-order valence-electron chi connectivity index (χ3n) is 5.32. The molecule has 1 N–H and O–H groups in total. The average Bonchev–Trinajstić information content (AvgIpc) is 2.72. The molecule has 3 nitrogen and oxygen atoms in total. The molecule has 1 aliphatic heterocycles. The Labute approximate surface area is 137 Å². The van der Waals surface area contributed by atoms with Crippen molar-refractivity contribution in [2.45, 2.75) is 18.4 Å². The number of hydrogen-bond donors (Lipinski definition) is 1. The zero-order valence-corrected chi connectivity index (χ0v) is 13.4. The van der Waals surface area contributed by atoms with E-state index in [0.717, 1.165) is 48.3 Å². The smallest absolute Gasteiger partial charge is 0.135 e. The number of pyridine rings is 1. The number of fused-ring (bicyclic) bond motifs is 2. The van der Waals surface area contributed by atoms with Crippen molar-refractivity contribution in [3.05, 3.63) is 65.0 Å². The van der Waals surface area contributed by atoms with Gasteiger partial charge in [0.2, 0.25) is 0 Å². The Morgan fingerprint density at radius 2 is 1.74 bits per heavy atom. The molecule has 0 unspecified atom stereocenters. The minimum Gasteiger partial charge on any atom is -0.378 e. The molecule has 0 spiro atoms. The fourth-order valence-corrected chi connectivity index (χ4v) is 4.01. The van der Waals surface area contributed by atoms with E-state index >= 15 is 0 Å². The third-order valence-corrected chi connectivity index (χ3v) is 5.32. The number of rotatable bonds is 1. The molecule has 1 aliphatic carbocycles. The number of nitrogens with zero attached hydrogens (tertiary/aromatic N) is 2. The highest BCUT2D eigenvalue weighted by Gasteiger charge is 2.45. The van der Waals surface area contributed by atoms with E-state index in [9.17, 15) is 5.11 Å². The van der Waals surface area contributed by atoms with Crippen molar-refractivity contribution >= 4 is 12.2 Å². The lowest BCUT2D eigenvalue weighted by molar-refractivity contribution is -0.0144. The Balaban J connectivity index is 1.91. The molecule has 0 radical (unpaired) electrons. The third kappa shape index (κ3) is 2.32. The normalized spacial score (nSPS) is 24.8. The molecule has 1 atom stereocenters. The fraction of sp³-hybridized carbons (Fsp3) is 0.350. The van der Waals surface area contributed by atoms with Crippen LogP contribution in [0, 0.1) is 5.92 Å². The topological polar surface area (TPSA) is 36.4 Å². The van der Waals surface area contributed by atoms with Gasteiger partial charge in [-0.1, -0.05) is 42.5 Å². The monoisotopic (exact) mass is 306 g/mol. The van der Waals surface area contributed by atoms with Gasteiger partial charge in [-0.05, 0) is 55.7 Å². The van der Waals surface area contributed by atoms with Gasteiger partial charge in [-0.25, -0.2) is 0 Å². The standard InChI is InChI=1S/C20H22N2O/c1-22-13-10-17(11-14-22)20(23)18-7-3-2-5-15(18)8-9-16-6-4-12-21-19(16)20/h2-9,12,17,23H,10-11,13-14H2,1H3/t20-/m1/s1. The molecule has 0 saturated carbocycles. The van der Waals surface area contributed by atoms with Crippen LogP contribution in [-0.4, -0.2) is 35.1 Å². The molecule has 0 bridgehead atoms. The molecule has 3 heteroatoms. The van der Waals surface area contributed by atoms with Crippen molar-refractivity contribution in [3.63, 3.8) is 0 Å². The SMILES string of the molecule is CN1CCC([C@@]2(O)c3ccccc3C=Cc3cccnc32)CC1. The summed E-state index contributed by atoms with van der Waals surface area (Å²) >= 11 is 0. The van der Waals surface area contributed by atoms with Gasteiger partial charge in [0.1, 0.15) is 5.60 Å². The highest BCUT2D eigenvalue weighted by molar-refractivity contribution is 5.76. The number of piperidine rings is 1. The number of hydrogen-bond acceptors (Lipinski definition) is 3. The first kappa shape index (κ1) is 14.6. The Hall–Kier alpha value is -1.97. The fourth-order valence-electron chi connectivity index (χ4n) is 4.01. The highest BCUT2D eigenvalue weighted by atomic mass is 16.3. The maximum absolute atomic E-state index is 11.9. The molecular weight excluding hydrogens is 284 g/mol. The van der Waals surface area contributed by atoms with Crippen LogP contribution in [0.15, 0.2) is 42.6 Å². The summed E-state index contributed by atoms with van der Waals surface area (Å²) in [7, 11) is 2.15. The van der Waals surface area contributed by atoms with E-state index < -0.39 is 5.60 Å². The minimum absolute atomic E-state index is 0.188. The average molecular weight is 306 g/mol. The Morgan fingerprint density at radius 3 is 2.57 bits per heavy atom. The van der Waals surface area contributed by atoms with Crippen LogP contribution in [-0.2, 0) is 5.60 Å². The molecule has 4 rings (SSSR count). The maximum atomic E-state index is 11.9. The van der Waals surface area contributed by atoms with E-state index in [-0.39, 0.29) is 5.92 Å². The molecule has 2 aromatic rings. The summed E-state index contributed by atoms with van der Waals surface area (Å²) in [6, 6.07) is 12.2. The second-order valence-electron chi connectivity index (χ2n) is 6.71. The Bertz CT molecular complexity index is 695. The van der Waals surface area contributed by atoms with E-state index in [4.69, 9.17) is 0 Å². The van der Waals surface area contributed by atoms with Crippen LogP contribution in [0.4, 0.5) is 0 Å². The number of benzene rings is 1. The van der Waals surface area contributed by atoms with Crippen LogP contribution in [0.2, 0.25) is 0 Å². The summed E-state index contributed by atoms with van der Waals surface area (Å²) in [5.74, 6) is 0.188. The van der Waals surface area contributed by atoms with Crippen LogP contribution in [0.5, 0.6) is 0 Å². The summed E-state index contributed by atoms with van der Waals surface area (Å²) in [6.45, 7) is 2.04. The molecule has 1 aromatic heterocycles. The number of likely N-dealkylation sites (tertiary alicyclic amines) is 1. The first-order chi connectivity index (χ1) is 11.2. The lowest BCUT2D eigenvalue weighted by Gasteiger charge is -2.41. The molecule has 1 aromatic carbocycles. The van der Waals surface area contributed by atoms with E-state index in [0.29, 0.717) is 0 Å². The molecule has 1 fully saturated rings. The summed E-state index contributed by atoms with van der Waals surface area (Å²) in [6.07, 6.45) is 7.94. The van der Waals surface area contributed by atoms with E-state index in [1.165, 1.54) is 0 Å². The first-order valence-electron chi connectivity index (χ1n) is 8.33. The first-order valence-corrected chi connectivity index (χ1v) is 8.33. The van der Waals surface area contributed by atoms with Crippen LogP contribution >= 0.6 is 0 Å². The molecule has 0 amide bonds. The lowest BCUT2D eigenvalue weighted by Crippen LogP contribution is -2.44. The van der Waals surface area contributed by atoms with Crippen LogP contribution < -0.4 is 0 Å². The molecule has 118 valence electrons. The molecular formula is C20H22N2O. The van der Waals surface area contributed by atoms with Crippen LogP contribution in [0.1, 0.15) is 35.2 Å². The van der Waals surface area contributed by atoms with Gasteiger partial charge in [0.25, 0.3) is 0 Å². The van der Waals surface area contributed by atoms with E-state index in [2.05, 4.69) is 41.2 Å². The quantitative estimate of drug-likeness (QED) is 0.879. The minimum atomic E-state index is -1.02. The predicted molar refractivity (Wildman–Crippen MR) is 92.8 cm³/mol. The number of aliphatic hydroxyl groups is 1. The van der Waals surface area contributed by atoms with Crippen LogP contribution in [0.25, 0.3) is 12.2 Å². The van der Waals surface area contributed by atoms with Gasteiger partial charge < -0.3 is 10.0 Å². The van der Waals surface area contributed by atoms with Crippen molar-refractivity contribution < 1.29 is 5.11 Å². The van der Waals surface area contributed by atoms with Crippen molar-refractivity contribution in [2.75, 3.05) is 20.1 Å². The van der Waals surface area contributed by atoms with Crippen LogP contribution in [0.3, 0.4) is 0 Å². The zero-order chi connectivity index (χ0) is 15.9. The van der Waals surface area contributed by atoms with Gasteiger partial charge in [-0.3, -0.25) is 4.98 Å². The van der Waals surface area contributed by atoms with Gasteiger partial charge in [-0.15, -0.1) is 0 Å². The zero-order valence-electron chi connectivity index (χ0n) is 13.4. The molecule has 1 saturated heterocycles. The summed E-state index contributed by atoms with van der Waals surface area (Å²) in [5.41, 5.74) is 2.88. The predicted octanol–water partition coefficient (Wildman–Crippen LogP) is 3.14. The lowest BCUT2D eigenvalue weighted by atomic mass is 9.72. The van der Waals surface area contributed by atoms with E-state index in [1.807, 2.05) is 24.3 Å². The number of aromatic nitrogens is 1. The summed E-state index contributed by atoms with van der Waals surface area (Å²) in [5, 5.41) is 11.9. The van der Waals surface area contributed by atoms with Crippen molar-refractivity contribution in [1.82, 2.24) is 9.88 Å². The van der Waals surface area contributed by atoms with Gasteiger partial charge in [0.05, 0.1) is 5.69 Å². The van der Waals surface area contributed by atoms with Crippen molar-refractivity contribution in [3.8, 4) is 0 Å². The van der Waals surface area contributed by atoms with E-state index in [1.54, 1.807) is 6.20 Å². The second-order valence-corrected chi connectivity index (χ2v) is 6.71. The largest absolute Gasteiger partial charge is 0.378 e. The molecule has 2 aliphatic rings. The van der Waals surface area contributed by atoms with Crippen molar-refractivity contribution in [1.29, 1.82) is 0 Å². The summed E-state index contributed by atoms with van der Waals surface area (Å²) < 4.78 is 0. The Morgan fingerprint density at radius 1 is 1.04 bits per heavy atom. The van der Waals surface area contributed by atoms with Gasteiger partial charge >= 0.3 is 0 Å². The molecule has 2 heterocycles. The van der Waals surface area contributed by atoms with Crippen molar-refractivity contribution in [2.24, 2.45) is 5.92 Å². The maximum Gasteiger partial charge on any atom is 0.135 e. The van der Waals surface area contributed by atoms with Gasteiger partial charge in [0, 0.05) is 12.1 Å². The second kappa shape index (κ2) is 5.59. The van der Waals surface area contributed by atoms with Gasteiger partial charge in [-0.2, -0.15) is 0 Å². The highest BCUT2D eigenvalue weighted by Crippen LogP contribution is 2.45. The van der Waals surface area contributed by atoms with Gasteiger partial charge in [0.15, 0.2) is 0 Å².